The summed E-state index contributed by atoms with van der Waals surface area (Å²) in [6.45, 7) is 3.97. The summed E-state index contributed by atoms with van der Waals surface area (Å²) in [5.74, 6) is -0.202. The van der Waals surface area contributed by atoms with Crippen LogP contribution in [0.15, 0.2) is 24.3 Å². The second-order valence-corrected chi connectivity index (χ2v) is 7.03. The first-order valence-corrected chi connectivity index (χ1v) is 9.18. The lowest BCUT2D eigenvalue weighted by atomic mass is 10.2. The minimum Gasteiger partial charge on any atom is -0.489 e. The van der Waals surface area contributed by atoms with Crippen LogP contribution in [0.3, 0.4) is 0 Å². The topological polar surface area (TPSA) is 91.3 Å². The number of hydrogen-bond donors (Lipinski definition) is 2. The smallest absolute Gasteiger partial charge is 0.317 e. The van der Waals surface area contributed by atoms with Crippen molar-refractivity contribution in [2.45, 2.75) is 19.1 Å². The summed E-state index contributed by atoms with van der Waals surface area (Å²) in [5.41, 5.74) is 0. The Kier molecular flexibility index (Phi) is 8.15. The van der Waals surface area contributed by atoms with Crippen LogP contribution in [0.2, 0.25) is 5.02 Å². The van der Waals surface area contributed by atoms with Gasteiger partial charge in [-0.2, -0.15) is 0 Å². The average Bonchev–Trinajstić information content (AvgIpc) is 2.61. The zero-order valence-electron chi connectivity index (χ0n) is 15.6. The van der Waals surface area contributed by atoms with Crippen molar-refractivity contribution in [1.29, 1.82) is 0 Å². The second kappa shape index (κ2) is 10.3. The first-order valence-electron chi connectivity index (χ1n) is 8.80. The lowest BCUT2D eigenvalue weighted by molar-refractivity contribution is -0.138. The van der Waals surface area contributed by atoms with Crippen LogP contribution in [0, 0.1) is 0 Å². The standard InChI is InChI=1S/C18H26ClN3O5/c1-13(27-15-5-3-14(19)4-6-15)9-20-18(25)22-7-8-26-16(11-22)10-21(2)12-17(23)24/h3-6,13,16H,7-12H2,1-2H3,(H,20,25)(H,23,24). The summed E-state index contributed by atoms with van der Waals surface area (Å²) in [5, 5.41) is 12.3. The number of amides is 2. The third kappa shape index (κ3) is 7.62. The van der Waals surface area contributed by atoms with Crippen molar-refractivity contribution < 1.29 is 24.2 Å². The number of aliphatic carboxylic acids is 1. The van der Waals surface area contributed by atoms with Crippen LogP contribution in [0.4, 0.5) is 4.79 Å². The molecule has 2 amide bonds. The molecule has 0 aliphatic carbocycles. The molecule has 2 atom stereocenters. The number of hydrogen-bond acceptors (Lipinski definition) is 5. The molecule has 0 bridgehead atoms. The van der Waals surface area contributed by atoms with Crippen LogP contribution in [-0.4, -0.2) is 85.5 Å². The van der Waals surface area contributed by atoms with Gasteiger partial charge in [-0.25, -0.2) is 4.79 Å². The summed E-state index contributed by atoms with van der Waals surface area (Å²) in [4.78, 5) is 26.5. The number of carbonyl (C=O) groups excluding carboxylic acids is 1. The van der Waals surface area contributed by atoms with E-state index in [2.05, 4.69) is 5.32 Å². The molecule has 1 aromatic carbocycles. The molecule has 8 nitrogen and oxygen atoms in total. The van der Waals surface area contributed by atoms with Crippen LogP contribution < -0.4 is 10.1 Å². The largest absolute Gasteiger partial charge is 0.489 e. The maximum Gasteiger partial charge on any atom is 0.317 e. The molecular formula is C18H26ClN3O5. The molecule has 2 rings (SSSR count). The fourth-order valence-corrected chi connectivity index (χ4v) is 2.91. The first-order chi connectivity index (χ1) is 12.8. The number of nitrogens with one attached hydrogen (secondary N) is 1. The lowest BCUT2D eigenvalue weighted by Crippen LogP contribution is -2.53. The van der Waals surface area contributed by atoms with Gasteiger partial charge in [-0.1, -0.05) is 11.6 Å². The zero-order valence-corrected chi connectivity index (χ0v) is 16.3. The maximum absolute atomic E-state index is 12.4. The number of rotatable bonds is 8. The van der Waals surface area contributed by atoms with E-state index < -0.39 is 5.97 Å². The number of nitrogens with zero attached hydrogens (tertiary/aromatic N) is 2. The van der Waals surface area contributed by atoms with E-state index in [1.54, 1.807) is 41.1 Å². The summed E-state index contributed by atoms with van der Waals surface area (Å²) in [6, 6.07) is 6.87. The Hall–Kier alpha value is -2.03. The molecule has 1 aliphatic heterocycles. The Bertz CT molecular complexity index is 628. The number of benzene rings is 1. The van der Waals surface area contributed by atoms with Gasteiger partial charge in [-0.3, -0.25) is 9.69 Å². The quantitative estimate of drug-likeness (QED) is 0.689. The van der Waals surface area contributed by atoms with E-state index in [9.17, 15) is 9.59 Å². The van der Waals surface area contributed by atoms with Gasteiger partial charge in [0.05, 0.1) is 25.8 Å². The fourth-order valence-electron chi connectivity index (χ4n) is 2.79. The Morgan fingerprint density at radius 2 is 2.15 bits per heavy atom. The van der Waals surface area contributed by atoms with E-state index >= 15 is 0 Å². The highest BCUT2D eigenvalue weighted by Crippen LogP contribution is 2.16. The number of morpholine rings is 1. The molecule has 27 heavy (non-hydrogen) atoms. The van der Waals surface area contributed by atoms with Crippen molar-refractivity contribution in [3.8, 4) is 5.75 Å². The third-order valence-electron chi connectivity index (χ3n) is 4.04. The number of carboxylic acids is 1. The highest BCUT2D eigenvalue weighted by Gasteiger charge is 2.25. The molecular weight excluding hydrogens is 374 g/mol. The summed E-state index contributed by atoms with van der Waals surface area (Å²) < 4.78 is 11.4. The molecule has 1 saturated heterocycles. The van der Waals surface area contributed by atoms with Crippen molar-refractivity contribution >= 4 is 23.6 Å². The summed E-state index contributed by atoms with van der Waals surface area (Å²) in [6.07, 6.45) is -0.412. The van der Waals surface area contributed by atoms with Gasteiger partial charge in [0.1, 0.15) is 11.9 Å². The summed E-state index contributed by atoms with van der Waals surface area (Å²) in [7, 11) is 1.71. The molecule has 1 aliphatic rings. The molecule has 9 heteroatoms. The number of carbonyl (C=O) groups is 2. The van der Waals surface area contributed by atoms with Gasteiger partial charge in [0.25, 0.3) is 0 Å². The minimum atomic E-state index is -0.891. The molecule has 2 N–H and O–H groups in total. The van der Waals surface area contributed by atoms with Crippen LogP contribution in [0.1, 0.15) is 6.92 Å². The van der Waals surface area contributed by atoms with Crippen LogP contribution >= 0.6 is 11.6 Å². The van der Waals surface area contributed by atoms with Gasteiger partial charge in [0, 0.05) is 24.7 Å². The predicted molar refractivity (Wildman–Crippen MR) is 101 cm³/mol. The normalized spacial score (nSPS) is 18.2. The van der Waals surface area contributed by atoms with Gasteiger partial charge >= 0.3 is 12.0 Å². The Labute approximate surface area is 164 Å². The van der Waals surface area contributed by atoms with E-state index in [-0.39, 0.29) is 24.8 Å². The number of halogens is 1. The fraction of sp³-hybridized carbons (Fsp3) is 0.556. The molecule has 0 spiro atoms. The Morgan fingerprint density at radius 3 is 2.81 bits per heavy atom. The molecule has 0 aromatic heterocycles. The van der Waals surface area contributed by atoms with Crippen molar-refractivity contribution in [3.63, 3.8) is 0 Å². The summed E-state index contributed by atoms with van der Waals surface area (Å²) >= 11 is 5.84. The van der Waals surface area contributed by atoms with Gasteiger partial charge in [-0.15, -0.1) is 0 Å². The van der Waals surface area contributed by atoms with Crippen molar-refractivity contribution in [2.24, 2.45) is 0 Å². The molecule has 1 heterocycles. The maximum atomic E-state index is 12.4. The number of ether oxygens (including phenoxy) is 2. The molecule has 150 valence electrons. The van der Waals surface area contributed by atoms with Crippen LogP contribution in [0.25, 0.3) is 0 Å². The highest BCUT2D eigenvalue weighted by atomic mass is 35.5. The van der Waals surface area contributed by atoms with E-state index in [4.69, 9.17) is 26.2 Å². The van der Waals surface area contributed by atoms with Gasteiger partial charge in [-0.05, 0) is 38.2 Å². The number of urea groups is 1. The second-order valence-electron chi connectivity index (χ2n) is 6.60. The van der Waals surface area contributed by atoms with Gasteiger partial charge < -0.3 is 24.8 Å². The van der Waals surface area contributed by atoms with Gasteiger partial charge in [0.15, 0.2) is 0 Å². The lowest BCUT2D eigenvalue weighted by Gasteiger charge is -2.34. The average molecular weight is 400 g/mol. The Balaban J connectivity index is 1.74. The SMILES string of the molecule is CC(CNC(=O)N1CCOC(CN(C)CC(=O)O)C1)Oc1ccc(Cl)cc1. The zero-order chi connectivity index (χ0) is 19.8. The number of likely N-dealkylation sites (N-methyl/N-ethyl adjacent to an activating group) is 1. The highest BCUT2D eigenvalue weighted by molar-refractivity contribution is 6.30. The van der Waals surface area contributed by atoms with Crippen molar-refractivity contribution in [3.05, 3.63) is 29.3 Å². The van der Waals surface area contributed by atoms with Crippen LogP contribution in [-0.2, 0) is 9.53 Å². The van der Waals surface area contributed by atoms with E-state index in [0.717, 1.165) is 0 Å². The molecule has 1 fully saturated rings. The van der Waals surface area contributed by atoms with Gasteiger partial charge in [0.2, 0.25) is 0 Å². The Morgan fingerprint density at radius 1 is 1.44 bits per heavy atom. The number of carboxylic acid groups (broad SMARTS) is 1. The molecule has 0 radical (unpaired) electrons. The molecule has 0 saturated carbocycles. The third-order valence-corrected chi connectivity index (χ3v) is 4.29. The molecule has 2 unspecified atom stereocenters. The first kappa shape index (κ1) is 21.3. The molecule has 1 aromatic rings. The predicted octanol–water partition coefficient (Wildman–Crippen LogP) is 1.53. The van der Waals surface area contributed by atoms with Crippen LogP contribution in [0.5, 0.6) is 5.75 Å². The van der Waals surface area contributed by atoms with Crippen molar-refractivity contribution in [2.75, 3.05) is 46.4 Å². The monoisotopic (exact) mass is 399 g/mol. The van der Waals surface area contributed by atoms with E-state index in [1.165, 1.54) is 0 Å². The minimum absolute atomic E-state index is 0.0639. The van der Waals surface area contributed by atoms with E-state index in [1.807, 2.05) is 6.92 Å². The van der Waals surface area contributed by atoms with E-state index in [0.29, 0.717) is 43.6 Å². The van der Waals surface area contributed by atoms with Crippen molar-refractivity contribution in [1.82, 2.24) is 15.1 Å².